The van der Waals surface area contributed by atoms with Crippen LogP contribution in [0.25, 0.3) is 0 Å². The van der Waals surface area contributed by atoms with Gasteiger partial charge in [-0.2, -0.15) is 4.98 Å². The summed E-state index contributed by atoms with van der Waals surface area (Å²) in [6, 6.07) is 6.06. The molecule has 2 saturated heterocycles. The van der Waals surface area contributed by atoms with E-state index in [-0.39, 0.29) is 17.8 Å². The fourth-order valence-corrected chi connectivity index (χ4v) is 6.09. The fraction of sp³-hybridized carbons (Fsp3) is 0.577. The van der Waals surface area contributed by atoms with Crippen LogP contribution in [0.2, 0.25) is 5.02 Å². The molecule has 2 atom stereocenters. The van der Waals surface area contributed by atoms with Gasteiger partial charge in [-0.3, -0.25) is 4.79 Å². The Labute approximate surface area is 210 Å². The van der Waals surface area contributed by atoms with Gasteiger partial charge in [-0.1, -0.05) is 23.7 Å². The molecule has 1 aromatic heterocycles. The Morgan fingerprint density at radius 3 is 2.74 bits per heavy atom. The number of carboxylic acid groups (broad SMARTS) is 1. The number of hydrogen-bond acceptors (Lipinski definition) is 6. The van der Waals surface area contributed by atoms with Crippen molar-refractivity contribution in [1.29, 1.82) is 0 Å². The molecular formula is C26H33ClFN5O2. The van der Waals surface area contributed by atoms with Crippen molar-refractivity contribution in [1.82, 2.24) is 14.9 Å². The van der Waals surface area contributed by atoms with Crippen LogP contribution in [-0.2, 0) is 4.79 Å². The molecule has 2 aliphatic heterocycles. The van der Waals surface area contributed by atoms with E-state index in [2.05, 4.69) is 25.1 Å². The molecule has 9 heteroatoms. The number of aliphatic carboxylic acids is 1. The second kappa shape index (κ2) is 9.90. The lowest BCUT2D eigenvalue weighted by molar-refractivity contribution is -0.147. The van der Waals surface area contributed by atoms with Crippen molar-refractivity contribution in [2.75, 3.05) is 36.4 Å². The van der Waals surface area contributed by atoms with Crippen molar-refractivity contribution < 1.29 is 14.3 Å². The first-order valence-corrected chi connectivity index (χ1v) is 12.9. The van der Waals surface area contributed by atoms with Gasteiger partial charge in [0.1, 0.15) is 0 Å². The van der Waals surface area contributed by atoms with Gasteiger partial charge in [0.15, 0.2) is 11.6 Å². The molecule has 1 aromatic carbocycles. The number of carbonyl (C=O) groups is 1. The second-order valence-electron chi connectivity index (χ2n) is 10.5. The van der Waals surface area contributed by atoms with Crippen molar-refractivity contribution in [2.45, 2.75) is 51.6 Å². The van der Waals surface area contributed by atoms with Crippen LogP contribution in [-0.4, -0.2) is 58.2 Å². The number of nitrogens with zero attached hydrogens (tertiary/aromatic N) is 4. The molecule has 5 rings (SSSR count). The highest BCUT2D eigenvalue weighted by Gasteiger charge is 2.42. The number of anilines is 2. The first kappa shape index (κ1) is 24.3. The number of aryl methyl sites for hydroxylation is 1. The molecule has 3 heterocycles. The molecule has 0 spiro atoms. The fourth-order valence-electron chi connectivity index (χ4n) is 5.70. The van der Waals surface area contributed by atoms with Gasteiger partial charge in [-0.05, 0) is 75.1 Å². The lowest BCUT2D eigenvalue weighted by Gasteiger charge is -2.50. The first-order chi connectivity index (χ1) is 16.8. The number of rotatable bonds is 7. The van der Waals surface area contributed by atoms with Gasteiger partial charge < -0.3 is 20.2 Å². The van der Waals surface area contributed by atoms with Crippen LogP contribution < -0.4 is 10.2 Å². The number of likely N-dealkylation sites (tertiary alicyclic amines) is 1. The van der Waals surface area contributed by atoms with Gasteiger partial charge in [0, 0.05) is 30.7 Å². The van der Waals surface area contributed by atoms with E-state index in [0.29, 0.717) is 28.8 Å². The van der Waals surface area contributed by atoms with Crippen molar-refractivity contribution in [3.05, 3.63) is 46.4 Å². The van der Waals surface area contributed by atoms with E-state index in [4.69, 9.17) is 16.7 Å². The Morgan fingerprint density at radius 2 is 2.03 bits per heavy atom. The maximum absolute atomic E-state index is 14.5. The van der Waals surface area contributed by atoms with E-state index in [0.717, 1.165) is 56.6 Å². The summed E-state index contributed by atoms with van der Waals surface area (Å²) >= 11 is 6.39. The average Bonchev–Trinajstić information content (AvgIpc) is 2.74. The second-order valence-corrected chi connectivity index (χ2v) is 10.9. The van der Waals surface area contributed by atoms with Crippen molar-refractivity contribution in [3.8, 4) is 0 Å². The topological polar surface area (TPSA) is 81.6 Å². The molecule has 35 heavy (non-hydrogen) atoms. The summed E-state index contributed by atoms with van der Waals surface area (Å²) in [5, 5.41) is 13.0. The average molecular weight is 502 g/mol. The molecule has 7 nitrogen and oxygen atoms in total. The Balaban J connectivity index is 1.17. The van der Waals surface area contributed by atoms with Gasteiger partial charge in [-0.15, -0.1) is 0 Å². The minimum absolute atomic E-state index is 0.164. The zero-order valence-electron chi connectivity index (χ0n) is 20.3. The highest BCUT2D eigenvalue weighted by molar-refractivity contribution is 6.31. The van der Waals surface area contributed by atoms with Crippen LogP contribution >= 0.6 is 11.6 Å². The Bertz CT molecular complexity index is 1090. The third kappa shape index (κ3) is 5.09. The molecule has 188 valence electrons. The van der Waals surface area contributed by atoms with Crippen LogP contribution in [0.4, 0.5) is 16.2 Å². The van der Waals surface area contributed by atoms with Crippen LogP contribution in [0.3, 0.4) is 0 Å². The predicted octanol–water partition coefficient (Wildman–Crippen LogP) is 4.76. The standard InChI is InChI=1S/C26H33ClFN5O2/c1-15-5-6-21(22(27)8-15)16(2)30-24-23(28)11-29-26(31-24)33-13-19(14-33)17-4-3-7-32(12-17)20-9-18(10-20)25(34)35/h5-6,8,11,16-20H,3-4,7,9-10,12-14H2,1-2H3,(H,34,35)(H,29,30,31)/t16-,17+,18?,20?/m1/s1. The molecule has 3 aliphatic rings. The van der Waals surface area contributed by atoms with Crippen molar-refractivity contribution in [3.63, 3.8) is 0 Å². The number of nitrogens with one attached hydrogen (secondary N) is 1. The number of carboxylic acids is 1. The summed E-state index contributed by atoms with van der Waals surface area (Å²) in [6.45, 7) is 7.77. The summed E-state index contributed by atoms with van der Waals surface area (Å²) < 4.78 is 14.5. The highest BCUT2D eigenvalue weighted by Crippen LogP contribution is 2.38. The van der Waals surface area contributed by atoms with E-state index in [1.54, 1.807) is 0 Å². The van der Waals surface area contributed by atoms with Crippen molar-refractivity contribution in [2.24, 2.45) is 17.8 Å². The summed E-state index contributed by atoms with van der Waals surface area (Å²) in [5.41, 5.74) is 1.97. The van der Waals surface area contributed by atoms with E-state index in [1.807, 2.05) is 32.0 Å². The lowest BCUT2D eigenvalue weighted by atomic mass is 9.76. The van der Waals surface area contributed by atoms with E-state index >= 15 is 0 Å². The molecule has 0 unspecified atom stereocenters. The maximum atomic E-state index is 14.5. The van der Waals surface area contributed by atoms with Gasteiger partial charge >= 0.3 is 5.97 Å². The quantitative estimate of drug-likeness (QED) is 0.566. The Morgan fingerprint density at radius 1 is 1.26 bits per heavy atom. The molecular weight excluding hydrogens is 469 g/mol. The molecule has 2 N–H and O–H groups in total. The maximum Gasteiger partial charge on any atom is 0.306 e. The Hall–Kier alpha value is -2.45. The van der Waals surface area contributed by atoms with Crippen molar-refractivity contribution >= 4 is 29.3 Å². The SMILES string of the molecule is Cc1ccc([C@@H](C)Nc2nc(N3CC([C@H]4CCCN(C5CC(C(=O)O)C5)C4)C3)ncc2F)c(Cl)c1. The monoisotopic (exact) mass is 501 g/mol. The van der Waals surface area contributed by atoms with Crippen LogP contribution in [0.5, 0.6) is 0 Å². The number of halogens is 2. The Kier molecular flexibility index (Phi) is 6.86. The summed E-state index contributed by atoms with van der Waals surface area (Å²) in [7, 11) is 0. The molecule has 1 saturated carbocycles. The van der Waals surface area contributed by atoms with Gasteiger partial charge in [0.25, 0.3) is 0 Å². The number of piperidine rings is 1. The van der Waals surface area contributed by atoms with E-state index in [1.165, 1.54) is 12.6 Å². The third-order valence-corrected chi connectivity index (χ3v) is 8.36. The molecule has 1 aliphatic carbocycles. The van der Waals surface area contributed by atoms with E-state index in [9.17, 15) is 9.18 Å². The highest BCUT2D eigenvalue weighted by atomic mass is 35.5. The smallest absolute Gasteiger partial charge is 0.306 e. The van der Waals surface area contributed by atoms with Crippen LogP contribution in [0, 0.1) is 30.5 Å². The number of hydrogen-bond donors (Lipinski definition) is 2. The largest absolute Gasteiger partial charge is 0.481 e. The number of aromatic nitrogens is 2. The predicted molar refractivity (Wildman–Crippen MR) is 134 cm³/mol. The minimum Gasteiger partial charge on any atom is -0.481 e. The third-order valence-electron chi connectivity index (χ3n) is 8.03. The minimum atomic E-state index is -0.658. The van der Waals surface area contributed by atoms with E-state index < -0.39 is 11.8 Å². The molecule has 2 aromatic rings. The first-order valence-electron chi connectivity index (χ1n) is 12.6. The molecule has 3 fully saturated rings. The summed E-state index contributed by atoms with van der Waals surface area (Å²) in [5.74, 6) is 0.586. The summed E-state index contributed by atoms with van der Waals surface area (Å²) in [6.07, 6.45) is 5.17. The molecule has 0 radical (unpaired) electrons. The number of benzene rings is 1. The molecule has 0 amide bonds. The van der Waals surface area contributed by atoms with Gasteiger partial charge in [-0.25, -0.2) is 9.37 Å². The molecule has 0 bridgehead atoms. The van der Waals surface area contributed by atoms with Crippen LogP contribution in [0.1, 0.15) is 49.8 Å². The van der Waals surface area contributed by atoms with Gasteiger partial charge in [0.05, 0.1) is 18.2 Å². The normalized spacial score (nSPS) is 26.1. The summed E-state index contributed by atoms with van der Waals surface area (Å²) in [4.78, 5) is 24.5. The zero-order valence-corrected chi connectivity index (χ0v) is 21.0. The lowest BCUT2D eigenvalue weighted by Crippen LogP contribution is -2.56. The zero-order chi connectivity index (χ0) is 24.7. The van der Waals surface area contributed by atoms with Crippen LogP contribution in [0.15, 0.2) is 24.4 Å². The van der Waals surface area contributed by atoms with Gasteiger partial charge in [0.2, 0.25) is 5.95 Å².